The average Bonchev–Trinajstić information content (AvgIpc) is 3.48. The molecule has 0 amide bonds. The summed E-state index contributed by atoms with van der Waals surface area (Å²) in [6.07, 6.45) is 3.14. The molecule has 0 spiro atoms. The van der Waals surface area contributed by atoms with Crippen molar-refractivity contribution in [2.24, 2.45) is 0 Å². The van der Waals surface area contributed by atoms with E-state index in [1.807, 2.05) is 24.3 Å². The highest BCUT2D eigenvalue weighted by Gasteiger charge is 2.29. The fourth-order valence-corrected chi connectivity index (χ4v) is 4.01. The molecule has 0 unspecified atom stereocenters. The largest absolute Gasteiger partial charge is 0.496 e. The topological polar surface area (TPSA) is 67.2 Å². The number of ether oxygens (including phenoxy) is 1. The van der Waals surface area contributed by atoms with Crippen LogP contribution in [0.5, 0.6) is 5.75 Å². The average molecular weight is 374 g/mol. The second-order valence-corrected chi connectivity index (χ2v) is 7.23. The molecule has 2 aromatic heterocycles. The van der Waals surface area contributed by atoms with Crippen molar-refractivity contribution in [2.45, 2.75) is 18.9 Å². The van der Waals surface area contributed by atoms with Crippen LogP contribution in [-0.4, -0.2) is 40.3 Å². The quantitative estimate of drug-likeness (QED) is 0.567. The van der Waals surface area contributed by atoms with Crippen molar-refractivity contribution in [3.05, 3.63) is 66.2 Å². The Bertz CT molecular complexity index is 1100. The molecule has 6 nitrogen and oxygen atoms in total. The predicted octanol–water partition coefficient (Wildman–Crippen LogP) is 4.22. The number of para-hydroxylation sites is 2. The second-order valence-electron chi connectivity index (χ2n) is 7.23. The Morgan fingerprint density at radius 1 is 1.14 bits per heavy atom. The van der Waals surface area contributed by atoms with Gasteiger partial charge in [-0.15, -0.1) is 10.2 Å². The van der Waals surface area contributed by atoms with Crippen LogP contribution < -0.4 is 4.74 Å². The van der Waals surface area contributed by atoms with Crippen LogP contribution in [0.1, 0.15) is 23.8 Å². The Kier molecular flexibility index (Phi) is 4.33. The van der Waals surface area contributed by atoms with Gasteiger partial charge >= 0.3 is 0 Å². The number of nitrogens with one attached hydrogen (secondary N) is 1. The molecule has 1 N–H and O–H groups in total. The molecule has 0 bridgehead atoms. The van der Waals surface area contributed by atoms with Gasteiger partial charge in [-0.05, 0) is 36.7 Å². The number of hydrogen-bond donors (Lipinski definition) is 1. The van der Waals surface area contributed by atoms with E-state index in [1.165, 1.54) is 16.5 Å². The first-order valence-electron chi connectivity index (χ1n) is 9.56. The molecule has 1 aliphatic rings. The maximum absolute atomic E-state index is 6.01. The van der Waals surface area contributed by atoms with E-state index in [-0.39, 0.29) is 5.92 Å². The zero-order chi connectivity index (χ0) is 18.9. The van der Waals surface area contributed by atoms with Crippen LogP contribution in [0.4, 0.5) is 0 Å². The summed E-state index contributed by atoms with van der Waals surface area (Å²) in [5.74, 6) is 2.23. The van der Waals surface area contributed by atoms with Crippen LogP contribution in [0.2, 0.25) is 0 Å². The van der Waals surface area contributed by atoms with Crippen molar-refractivity contribution in [1.29, 1.82) is 0 Å². The minimum Gasteiger partial charge on any atom is -0.496 e. The molecule has 1 fully saturated rings. The van der Waals surface area contributed by atoms with E-state index >= 15 is 0 Å². The molecule has 1 atom stereocenters. The van der Waals surface area contributed by atoms with Gasteiger partial charge in [0, 0.05) is 30.2 Å². The Hall–Kier alpha value is -3.12. The van der Waals surface area contributed by atoms with E-state index < -0.39 is 0 Å². The lowest BCUT2D eigenvalue weighted by molar-refractivity contribution is 0.321. The molecule has 5 rings (SSSR count). The van der Waals surface area contributed by atoms with Gasteiger partial charge in [-0.1, -0.05) is 30.3 Å². The molecular formula is C22H22N4O2. The Morgan fingerprint density at radius 3 is 2.93 bits per heavy atom. The first-order valence-corrected chi connectivity index (χ1v) is 9.56. The highest BCUT2D eigenvalue weighted by molar-refractivity contribution is 5.82. The lowest BCUT2D eigenvalue weighted by Gasteiger charge is -2.14. The minimum absolute atomic E-state index is 0.265. The van der Waals surface area contributed by atoms with Crippen molar-refractivity contribution >= 4 is 10.9 Å². The summed E-state index contributed by atoms with van der Waals surface area (Å²) in [6, 6.07) is 16.1. The maximum Gasteiger partial charge on any atom is 0.251 e. The van der Waals surface area contributed by atoms with Crippen LogP contribution in [0.15, 0.2) is 59.1 Å². The van der Waals surface area contributed by atoms with Crippen LogP contribution in [-0.2, 0) is 6.54 Å². The van der Waals surface area contributed by atoms with Crippen molar-refractivity contribution in [2.75, 3.05) is 20.2 Å². The van der Waals surface area contributed by atoms with Gasteiger partial charge in [-0.25, -0.2) is 0 Å². The normalized spacial score (nSPS) is 17.4. The van der Waals surface area contributed by atoms with E-state index in [0.717, 1.165) is 37.4 Å². The zero-order valence-electron chi connectivity index (χ0n) is 15.8. The fraction of sp³-hybridized carbons (Fsp3) is 0.273. The molecule has 1 saturated heterocycles. The molecule has 6 heteroatoms. The number of fused-ring (bicyclic) bond motifs is 1. The standard InChI is InChI=1S/C22H22N4O2/c1-27-20-9-5-3-7-18(20)22-25-24-21(28-22)15-10-11-26(13-15)14-16-12-23-19-8-4-2-6-17(16)19/h2-9,12,15,23H,10-11,13-14H2,1H3/t15-/m0/s1. The zero-order valence-corrected chi connectivity index (χ0v) is 15.8. The third kappa shape index (κ3) is 3.05. The van der Waals surface area contributed by atoms with Crippen molar-refractivity contribution in [1.82, 2.24) is 20.1 Å². The van der Waals surface area contributed by atoms with Crippen molar-refractivity contribution in [3.8, 4) is 17.2 Å². The van der Waals surface area contributed by atoms with Crippen LogP contribution >= 0.6 is 0 Å². The number of H-pyrrole nitrogens is 1. The lowest BCUT2D eigenvalue weighted by Crippen LogP contribution is -2.19. The van der Waals surface area contributed by atoms with Crippen LogP contribution in [0.25, 0.3) is 22.4 Å². The maximum atomic E-state index is 6.01. The summed E-state index contributed by atoms with van der Waals surface area (Å²) in [4.78, 5) is 5.81. The predicted molar refractivity (Wildman–Crippen MR) is 107 cm³/mol. The molecule has 142 valence electrons. The third-order valence-corrected chi connectivity index (χ3v) is 5.47. The molecule has 0 saturated carbocycles. The highest BCUT2D eigenvalue weighted by Crippen LogP contribution is 2.33. The summed E-state index contributed by atoms with van der Waals surface area (Å²) in [5, 5.41) is 9.88. The summed E-state index contributed by atoms with van der Waals surface area (Å²) in [5.41, 5.74) is 3.35. The molecule has 28 heavy (non-hydrogen) atoms. The summed E-state index contributed by atoms with van der Waals surface area (Å²) in [6.45, 7) is 2.87. The Balaban J connectivity index is 1.31. The number of aromatic amines is 1. The molecule has 1 aliphatic heterocycles. The van der Waals surface area contributed by atoms with Gasteiger partial charge < -0.3 is 14.1 Å². The summed E-state index contributed by atoms with van der Waals surface area (Å²) < 4.78 is 11.4. The number of nitrogens with zero attached hydrogens (tertiary/aromatic N) is 3. The number of benzene rings is 2. The first kappa shape index (κ1) is 17.0. The van der Waals surface area contributed by atoms with E-state index in [2.05, 4.69) is 50.5 Å². The molecule has 2 aromatic carbocycles. The van der Waals surface area contributed by atoms with Gasteiger partial charge in [0.2, 0.25) is 5.89 Å². The smallest absolute Gasteiger partial charge is 0.251 e. The Labute approximate surface area is 163 Å². The molecule has 4 aromatic rings. The number of hydrogen-bond acceptors (Lipinski definition) is 5. The third-order valence-electron chi connectivity index (χ3n) is 5.47. The Morgan fingerprint density at radius 2 is 2.00 bits per heavy atom. The monoisotopic (exact) mass is 374 g/mol. The second kappa shape index (κ2) is 7.13. The van der Waals surface area contributed by atoms with Crippen LogP contribution in [0.3, 0.4) is 0 Å². The summed E-state index contributed by atoms with van der Waals surface area (Å²) >= 11 is 0. The van der Waals surface area contributed by atoms with Gasteiger partial charge in [-0.3, -0.25) is 4.90 Å². The van der Waals surface area contributed by atoms with E-state index in [1.54, 1.807) is 7.11 Å². The minimum atomic E-state index is 0.265. The van der Waals surface area contributed by atoms with E-state index in [4.69, 9.17) is 9.15 Å². The van der Waals surface area contributed by atoms with E-state index in [0.29, 0.717) is 11.8 Å². The van der Waals surface area contributed by atoms with Gasteiger partial charge in [0.1, 0.15) is 5.75 Å². The van der Waals surface area contributed by atoms with E-state index in [9.17, 15) is 0 Å². The number of likely N-dealkylation sites (tertiary alicyclic amines) is 1. The number of rotatable bonds is 5. The highest BCUT2D eigenvalue weighted by atomic mass is 16.5. The molecule has 0 radical (unpaired) electrons. The van der Waals surface area contributed by atoms with Gasteiger partial charge in [0.05, 0.1) is 18.6 Å². The fourth-order valence-electron chi connectivity index (χ4n) is 4.01. The molecule has 3 heterocycles. The van der Waals surface area contributed by atoms with Gasteiger partial charge in [-0.2, -0.15) is 0 Å². The van der Waals surface area contributed by atoms with Gasteiger partial charge in [0.15, 0.2) is 0 Å². The number of aromatic nitrogens is 3. The van der Waals surface area contributed by atoms with Gasteiger partial charge in [0.25, 0.3) is 5.89 Å². The molecule has 0 aliphatic carbocycles. The summed E-state index contributed by atoms with van der Waals surface area (Å²) in [7, 11) is 1.65. The van der Waals surface area contributed by atoms with Crippen molar-refractivity contribution in [3.63, 3.8) is 0 Å². The number of methoxy groups -OCH3 is 1. The van der Waals surface area contributed by atoms with Crippen LogP contribution in [0, 0.1) is 0 Å². The SMILES string of the molecule is COc1ccccc1-c1nnc([C@H]2CCN(Cc3c[nH]c4ccccc34)C2)o1. The van der Waals surface area contributed by atoms with Crippen molar-refractivity contribution < 1.29 is 9.15 Å². The first-order chi connectivity index (χ1) is 13.8. The molecular weight excluding hydrogens is 352 g/mol. The lowest BCUT2D eigenvalue weighted by atomic mass is 10.1.